The molecule has 2 heteroatoms. The number of rotatable bonds is 4. The van der Waals surface area contributed by atoms with Crippen LogP contribution in [-0.4, -0.2) is 4.57 Å². The van der Waals surface area contributed by atoms with Crippen LogP contribution in [0.4, 0.5) is 17.1 Å². The smallest absolute Gasteiger partial charge is 0.0528 e. The molecule has 7 rings (SSSR count). The number of hydrogen-bond donors (Lipinski definition) is 0. The van der Waals surface area contributed by atoms with Crippen molar-refractivity contribution in [2.24, 2.45) is 0 Å². The summed E-state index contributed by atoms with van der Waals surface area (Å²) >= 11 is 0. The minimum absolute atomic E-state index is 0.112. The Labute approximate surface area is 218 Å². The summed E-state index contributed by atoms with van der Waals surface area (Å²) in [5, 5.41) is 1.26. The zero-order chi connectivity index (χ0) is 25.0. The van der Waals surface area contributed by atoms with E-state index in [1.54, 1.807) is 0 Å². The van der Waals surface area contributed by atoms with E-state index in [1.807, 2.05) is 0 Å². The summed E-state index contributed by atoms with van der Waals surface area (Å²) in [6, 6.07) is 45.9. The third kappa shape index (κ3) is 3.41. The van der Waals surface area contributed by atoms with E-state index in [4.69, 9.17) is 0 Å². The molecule has 0 unspecified atom stereocenters. The van der Waals surface area contributed by atoms with E-state index in [9.17, 15) is 0 Å². The number of aromatic nitrogens is 1. The maximum Gasteiger partial charge on any atom is 0.0528 e. The van der Waals surface area contributed by atoms with E-state index in [0.29, 0.717) is 0 Å². The molecule has 0 spiro atoms. The minimum Gasteiger partial charge on any atom is -0.317 e. The molecule has 0 amide bonds. The first-order valence-corrected chi connectivity index (χ1v) is 12.9. The number of para-hydroxylation sites is 3. The predicted molar refractivity (Wildman–Crippen MR) is 156 cm³/mol. The summed E-state index contributed by atoms with van der Waals surface area (Å²) in [4.78, 5) is 2.34. The van der Waals surface area contributed by atoms with Crippen molar-refractivity contribution in [2.75, 3.05) is 4.90 Å². The fourth-order valence-corrected chi connectivity index (χ4v) is 5.91. The second-order valence-electron chi connectivity index (χ2n) is 10.3. The van der Waals surface area contributed by atoms with Crippen LogP contribution in [-0.2, 0) is 5.41 Å². The molecule has 0 N–H and O–H groups in total. The fraction of sp³-hybridized carbons (Fsp3) is 0.0857. The average molecular weight is 477 g/mol. The van der Waals surface area contributed by atoms with Crippen molar-refractivity contribution in [3.8, 4) is 16.8 Å². The molecule has 178 valence electrons. The third-order valence-electron chi connectivity index (χ3n) is 7.81. The highest BCUT2D eigenvalue weighted by Gasteiger charge is 2.36. The van der Waals surface area contributed by atoms with Gasteiger partial charge < -0.3 is 9.47 Å². The van der Waals surface area contributed by atoms with Crippen molar-refractivity contribution in [1.82, 2.24) is 4.57 Å². The van der Waals surface area contributed by atoms with E-state index < -0.39 is 0 Å². The predicted octanol–water partition coefficient (Wildman–Crippen LogP) is 9.41. The maximum atomic E-state index is 2.39. The van der Waals surface area contributed by atoms with Gasteiger partial charge in [0.05, 0.1) is 5.52 Å². The lowest BCUT2D eigenvalue weighted by Gasteiger charge is -2.28. The first-order chi connectivity index (χ1) is 18.1. The lowest BCUT2D eigenvalue weighted by Crippen LogP contribution is -2.17. The first-order valence-electron chi connectivity index (χ1n) is 12.9. The lowest BCUT2D eigenvalue weighted by molar-refractivity contribution is 0.660. The molecule has 0 saturated carbocycles. The topological polar surface area (TPSA) is 8.17 Å². The highest BCUT2D eigenvalue weighted by molar-refractivity contribution is 5.87. The van der Waals surface area contributed by atoms with Crippen LogP contribution in [0.5, 0.6) is 0 Å². The molecule has 1 aliphatic carbocycles. The molecule has 0 radical (unpaired) electrons. The Balaban J connectivity index is 1.35. The summed E-state index contributed by atoms with van der Waals surface area (Å²) in [5.41, 5.74) is 11.2. The molecule has 0 bridgehead atoms. The van der Waals surface area contributed by atoms with Gasteiger partial charge in [0.1, 0.15) is 0 Å². The van der Waals surface area contributed by atoms with E-state index in [-0.39, 0.29) is 5.41 Å². The third-order valence-corrected chi connectivity index (χ3v) is 7.81. The standard InChI is InChI=1S/C35H28N2/c1-35(2)32-23-28(36-22-21-25-11-9-10-16-34(25)36)17-19-30(32)31-20-18-29(24-33(31)35)37(26-12-5-3-6-13-26)27-14-7-4-8-15-27/h3-24H,1-2H3. The second-order valence-corrected chi connectivity index (χ2v) is 10.3. The number of fused-ring (bicyclic) bond motifs is 4. The van der Waals surface area contributed by atoms with Crippen LogP contribution in [0.25, 0.3) is 27.7 Å². The zero-order valence-corrected chi connectivity index (χ0v) is 21.1. The van der Waals surface area contributed by atoms with Gasteiger partial charge in [0.2, 0.25) is 0 Å². The summed E-state index contributed by atoms with van der Waals surface area (Å²) < 4.78 is 2.30. The SMILES string of the molecule is CC1(C)c2cc(N(c3ccccc3)c3ccccc3)ccc2-c2ccc(-n3ccc4ccccc43)cc21. The van der Waals surface area contributed by atoms with Crippen LogP contribution < -0.4 is 4.90 Å². The molecule has 0 atom stereocenters. The van der Waals surface area contributed by atoms with Gasteiger partial charge in [0.25, 0.3) is 0 Å². The highest BCUT2D eigenvalue weighted by Crippen LogP contribution is 2.51. The molecule has 0 saturated heterocycles. The monoisotopic (exact) mass is 476 g/mol. The molecule has 5 aromatic carbocycles. The van der Waals surface area contributed by atoms with E-state index >= 15 is 0 Å². The zero-order valence-electron chi connectivity index (χ0n) is 21.1. The van der Waals surface area contributed by atoms with Crippen molar-refractivity contribution in [2.45, 2.75) is 19.3 Å². The Bertz CT molecular complexity index is 1700. The maximum absolute atomic E-state index is 2.39. The van der Waals surface area contributed by atoms with E-state index in [2.05, 4.69) is 157 Å². The van der Waals surface area contributed by atoms with Crippen LogP contribution >= 0.6 is 0 Å². The second kappa shape index (κ2) is 8.25. The van der Waals surface area contributed by atoms with Gasteiger partial charge in [0.15, 0.2) is 0 Å². The molecule has 1 aliphatic rings. The van der Waals surface area contributed by atoms with Gasteiger partial charge in [-0.05, 0) is 88.3 Å². The molecular weight excluding hydrogens is 448 g/mol. The van der Waals surface area contributed by atoms with E-state index in [1.165, 1.54) is 44.5 Å². The molecular formula is C35H28N2. The number of benzene rings is 5. The summed E-state index contributed by atoms with van der Waals surface area (Å²) in [6.07, 6.45) is 2.18. The summed E-state index contributed by atoms with van der Waals surface area (Å²) in [7, 11) is 0. The first kappa shape index (κ1) is 21.7. The minimum atomic E-state index is -0.112. The van der Waals surface area contributed by atoms with Crippen molar-refractivity contribution in [3.05, 3.63) is 145 Å². The average Bonchev–Trinajstić information content (AvgIpc) is 3.47. The fourth-order valence-electron chi connectivity index (χ4n) is 5.91. The molecule has 0 aliphatic heterocycles. The summed E-state index contributed by atoms with van der Waals surface area (Å²) in [6.45, 7) is 4.71. The molecule has 1 heterocycles. The normalized spacial score (nSPS) is 13.4. The molecule has 37 heavy (non-hydrogen) atoms. The van der Waals surface area contributed by atoms with Gasteiger partial charge in [-0.25, -0.2) is 0 Å². The van der Waals surface area contributed by atoms with Crippen LogP contribution in [0.15, 0.2) is 134 Å². The number of nitrogens with zero attached hydrogens (tertiary/aromatic N) is 2. The summed E-state index contributed by atoms with van der Waals surface area (Å²) in [5.74, 6) is 0. The molecule has 6 aromatic rings. The Kier molecular flexibility index (Phi) is 4.84. The highest BCUT2D eigenvalue weighted by atomic mass is 15.1. The van der Waals surface area contributed by atoms with Crippen molar-refractivity contribution < 1.29 is 0 Å². The quantitative estimate of drug-likeness (QED) is 0.246. The van der Waals surface area contributed by atoms with Gasteiger partial charge in [-0.2, -0.15) is 0 Å². The van der Waals surface area contributed by atoms with Gasteiger partial charge in [-0.1, -0.05) is 80.6 Å². The van der Waals surface area contributed by atoms with Crippen LogP contribution in [0, 0.1) is 0 Å². The van der Waals surface area contributed by atoms with Gasteiger partial charge in [-0.15, -0.1) is 0 Å². The van der Waals surface area contributed by atoms with Crippen molar-refractivity contribution >= 4 is 28.0 Å². The van der Waals surface area contributed by atoms with Crippen LogP contribution in [0.2, 0.25) is 0 Å². The lowest BCUT2D eigenvalue weighted by atomic mass is 9.82. The number of anilines is 3. The molecule has 0 fully saturated rings. The Hall–Kier alpha value is -4.56. The Morgan fingerprint density at radius 2 is 1.14 bits per heavy atom. The van der Waals surface area contributed by atoms with Crippen LogP contribution in [0.1, 0.15) is 25.0 Å². The Morgan fingerprint density at radius 1 is 0.541 bits per heavy atom. The van der Waals surface area contributed by atoms with E-state index in [0.717, 1.165) is 11.4 Å². The number of hydrogen-bond acceptors (Lipinski definition) is 1. The molecule has 1 aromatic heterocycles. The van der Waals surface area contributed by atoms with Gasteiger partial charge in [-0.3, -0.25) is 0 Å². The van der Waals surface area contributed by atoms with Crippen LogP contribution in [0.3, 0.4) is 0 Å². The Morgan fingerprint density at radius 3 is 1.84 bits per heavy atom. The van der Waals surface area contributed by atoms with Gasteiger partial charge in [0, 0.05) is 34.4 Å². The molecule has 2 nitrogen and oxygen atoms in total. The van der Waals surface area contributed by atoms with Gasteiger partial charge >= 0.3 is 0 Å². The van der Waals surface area contributed by atoms with Crippen molar-refractivity contribution in [3.63, 3.8) is 0 Å². The van der Waals surface area contributed by atoms with Crippen molar-refractivity contribution in [1.29, 1.82) is 0 Å². The largest absolute Gasteiger partial charge is 0.317 e.